The molecule has 0 saturated carbocycles. The molecule has 1 N–H and O–H groups in total. The number of piperidine rings is 1. The van der Waals surface area contributed by atoms with Gasteiger partial charge >= 0.3 is 0 Å². The molecule has 2 amide bonds. The quantitative estimate of drug-likeness (QED) is 0.818. The van der Waals surface area contributed by atoms with Crippen LogP contribution in [0.15, 0.2) is 40.4 Å². The first-order chi connectivity index (χ1) is 12.5. The van der Waals surface area contributed by atoms with Crippen LogP contribution in [0.3, 0.4) is 0 Å². The predicted octanol–water partition coefficient (Wildman–Crippen LogP) is 3.20. The summed E-state index contributed by atoms with van der Waals surface area (Å²) in [5, 5.41) is 3.56. The number of carbonyl (C=O) groups excluding carboxylic acids is 2. The molecule has 0 atom stereocenters. The molecule has 1 aromatic carbocycles. The fraction of sp³-hybridized carbons (Fsp3) is 0.368. The van der Waals surface area contributed by atoms with E-state index in [1.54, 1.807) is 4.90 Å². The summed E-state index contributed by atoms with van der Waals surface area (Å²) in [5.74, 6) is -0.107. The standard InChI is InChI=1S/C19H22N4O2S/c1-13-11-14(2)21-19(20-13)26-16-8-6-15(7-9-16)22-17(24)12-23-10-4-3-5-18(23)25/h6-9,11H,3-5,10,12H2,1-2H3,(H,22,24). The van der Waals surface area contributed by atoms with Gasteiger partial charge in [0, 0.05) is 34.9 Å². The van der Waals surface area contributed by atoms with Gasteiger partial charge in [-0.25, -0.2) is 9.97 Å². The number of amides is 2. The summed E-state index contributed by atoms with van der Waals surface area (Å²) in [4.78, 5) is 35.4. The van der Waals surface area contributed by atoms with Gasteiger partial charge in [0.2, 0.25) is 11.8 Å². The third kappa shape index (κ3) is 5.05. The van der Waals surface area contributed by atoms with E-state index in [0.29, 0.717) is 23.8 Å². The lowest BCUT2D eigenvalue weighted by molar-refractivity contribution is -0.136. The fourth-order valence-electron chi connectivity index (χ4n) is 2.85. The molecule has 0 aliphatic carbocycles. The van der Waals surface area contributed by atoms with E-state index in [0.717, 1.165) is 29.1 Å². The molecule has 0 bridgehead atoms. The lowest BCUT2D eigenvalue weighted by atomic mass is 10.1. The van der Waals surface area contributed by atoms with Crippen molar-refractivity contribution in [1.82, 2.24) is 14.9 Å². The van der Waals surface area contributed by atoms with Gasteiger partial charge in [-0.15, -0.1) is 0 Å². The van der Waals surface area contributed by atoms with Crippen LogP contribution in [0.25, 0.3) is 0 Å². The maximum absolute atomic E-state index is 12.1. The Bertz CT molecular complexity index is 787. The Morgan fingerprint density at radius 3 is 2.50 bits per heavy atom. The van der Waals surface area contributed by atoms with Crippen LogP contribution in [-0.2, 0) is 9.59 Å². The Kier molecular flexibility index (Phi) is 5.88. The molecule has 26 heavy (non-hydrogen) atoms. The van der Waals surface area contributed by atoms with E-state index in [9.17, 15) is 9.59 Å². The molecule has 3 rings (SSSR count). The van der Waals surface area contributed by atoms with Gasteiger partial charge in [-0.3, -0.25) is 9.59 Å². The second-order valence-corrected chi connectivity index (χ2v) is 7.42. The summed E-state index contributed by atoms with van der Waals surface area (Å²) in [7, 11) is 0. The average molecular weight is 370 g/mol. The van der Waals surface area contributed by atoms with Gasteiger partial charge in [0.05, 0.1) is 6.54 Å². The summed E-state index contributed by atoms with van der Waals surface area (Å²) in [6.07, 6.45) is 2.42. The van der Waals surface area contributed by atoms with E-state index in [1.165, 1.54) is 11.8 Å². The van der Waals surface area contributed by atoms with Crippen molar-refractivity contribution in [3.63, 3.8) is 0 Å². The van der Waals surface area contributed by atoms with Crippen molar-refractivity contribution in [2.24, 2.45) is 0 Å². The number of aryl methyl sites for hydroxylation is 2. The van der Waals surface area contributed by atoms with Gasteiger partial charge in [-0.05, 0) is 68.8 Å². The van der Waals surface area contributed by atoms with Gasteiger partial charge in [-0.1, -0.05) is 0 Å². The molecule has 0 radical (unpaired) electrons. The number of rotatable bonds is 5. The molecular weight excluding hydrogens is 348 g/mol. The van der Waals surface area contributed by atoms with Gasteiger partial charge < -0.3 is 10.2 Å². The molecular formula is C19H22N4O2S. The molecule has 1 aromatic heterocycles. The zero-order valence-electron chi connectivity index (χ0n) is 15.0. The summed E-state index contributed by atoms with van der Waals surface area (Å²) in [5.41, 5.74) is 2.59. The number of aromatic nitrogens is 2. The summed E-state index contributed by atoms with van der Waals surface area (Å²) in [6, 6.07) is 9.48. The number of hydrogen-bond acceptors (Lipinski definition) is 5. The minimum atomic E-state index is -0.168. The van der Waals surface area contributed by atoms with Gasteiger partial charge in [-0.2, -0.15) is 0 Å². The minimum absolute atomic E-state index is 0.0617. The number of nitrogens with one attached hydrogen (secondary N) is 1. The number of anilines is 1. The minimum Gasteiger partial charge on any atom is -0.333 e. The van der Waals surface area contributed by atoms with Crippen molar-refractivity contribution in [2.45, 2.75) is 43.2 Å². The average Bonchev–Trinajstić information content (AvgIpc) is 2.58. The maximum atomic E-state index is 12.1. The molecule has 6 nitrogen and oxygen atoms in total. The third-order valence-electron chi connectivity index (χ3n) is 4.06. The molecule has 2 heterocycles. The Labute approximate surface area is 157 Å². The number of nitrogens with zero attached hydrogens (tertiary/aromatic N) is 3. The molecule has 1 fully saturated rings. The van der Waals surface area contributed by atoms with E-state index in [1.807, 2.05) is 44.2 Å². The zero-order valence-corrected chi connectivity index (χ0v) is 15.8. The highest BCUT2D eigenvalue weighted by atomic mass is 32.2. The molecule has 136 valence electrons. The van der Waals surface area contributed by atoms with Gasteiger partial charge in [0.1, 0.15) is 0 Å². The van der Waals surface area contributed by atoms with Crippen molar-refractivity contribution >= 4 is 29.3 Å². The predicted molar refractivity (Wildman–Crippen MR) is 101 cm³/mol. The molecule has 2 aromatic rings. The zero-order chi connectivity index (χ0) is 18.5. The Morgan fingerprint density at radius 2 is 1.85 bits per heavy atom. The van der Waals surface area contributed by atoms with Crippen LogP contribution in [-0.4, -0.2) is 39.8 Å². The second-order valence-electron chi connectivity index (χ2n) is 6.38. The van der Waals surface area contributed by atoms with E-state index in [-0.39, 0.29) is 18.4 Å². The van der Waals surface area contributed by atoms with E-state index < -0.39 is 0 Å². The van der Waals surface area contributed by atoms with Crippen molar-refractivity contribution < 1.29 is 9.59 Å². The Balaban J connectivity index is 1.57. The van der Waals surface area contributed by atoms with Crippen molar-refractivity contribution in [3.05, 3.63) is 41.7 Å². The smallest absolute Gasteiger partial charge is 0.243 e. The van der Waals surface area contributed by atoms with E-state index in [4.69, 9.17) is 0 Å². The lowest BCUT2D eigenvalue weighted by Gasteiger charge is -2.25. The summed E-state index contributed by atoms with van der Waals surface area (Å²) in [6.45, 7) is 4.68. The number of benzene rings is 1. The van der Waals surface area contributed by atoms with E-state index in [2.05, 4.69) is 15.3 Å². The van der Waals surface area contributed by atoms with Crippen LogP contribution >= 0.6 is 11.8 Å². The SMILES string of the molecule is Cc1cc(C)nc(Sc2ccc(NC(=O)CN3CCCCC3=O)cc2)n1. The largest absolute Gasteiger partial charge is 0.333 e. The topological polar surface area (TPSA) is 75.2 Å². The molecule has 0 unspecified atom stereocenters. The Hall–Kier alpha value is -2.41. The monoisotopic (exact) mass is 370 g/mol. The molecule has 1 saturated heterocycles. The highest BCUT2D eigenvalue weighted by molar-refractivity contribution is 7.99. The molecule has 1 aliphatic rings. The second kappa shape index (κ2) is 8.31. The van der Waals surface area contributed by atoms with Crippen molar-refractivity contribution in [3.8, 4) is 0 Å². The van der Waals surface area contributed by atoms with Crippen LogP contribution < -0.4 is 5.32 Å². The normalized spacial score (nSPS) is 14.4. The lowest BCUT2D eigenvalue weighted by Crippen LogP contribution is -2.40. The van der Waals surface area contributed by atoms with Crippen LogP contribution in [0.5, 0.6) is 0 Å². The first kappa shape index (κ1) is 18.4. The van der Waals surface area contributed by atoms with Gasteiger partial charge in [0.15, 0.2) is 5.16 Å². The van der Waals surface area contributed by atoms with Crippen molar-refractivity contribution in [2.75, 3.05) is 18.4 Å². The maximum Gasteiger partial charge on any atom is 0.243 e. The molecule has 1 aliphatic heterocycles. The molecule has 0 spiro atoms. The number of hydrogen-bond donors (Lipinski definition) is 1. The van der Waals surface area contributed by atoms with Gasteiger partial charge in [0.25, 0.3) is 0 Å². The highest BCUT2D eigenvalue weighted by Crippen LogP contribution is 2.26. The highest BCUT2D eigenvalue weighted by Gasteiger charge is 2.20. The number of carbonyl (C=O) groups is 2. The molecule has 7 heteroatoms. The first-order valence-corrected chi connectivity index (χ1v) is 9.49. The van der Waals surface area contributed by atoms with E-state index >= 15 is 0 Å². The van der Waals surface area contributed by atoms with Crippen LogP contribution in [0, 0.1) is 13.8 Å². The Morgan fingerprint density at radius 1 is 1.15 bits per heavy atom. The van der Waals surface area contributed by atoms with Crippen LogP contribution in [0.2, 0.25) is 0 Å². The fourth-order valence-corrected chi connectivity index (χ4v) is 3.72. The van der Waals surface area contributed by atoms with Crippen LogP contribution in [0.4, 0.5) is 5.69 Å². The number of likely N-dealkylation sites (tertiary alicyclic amines) is 1. The first-order valence-electron chi connectivity index (χ1n) is 8.67. The summed E-state index contributed by atoms with van der Waals surface area (Å²) >= 11 is 1.48. The van der Waals surface area contributed by atoms with Crippen LogP contribution in [0.1, 0.15) is 30.7 Å². The van der Waals surface area contributed by atoms with Crippen molar-refractivity contribution in [1.29, 1.82) is 0 Å². The summed E-state index contributed by atoms with van der Waals surface area (Å²) < 4.78 is 0. The third-order valence-corrected chi connectivity index (χ3v) is 4.94.